The van der Waals surface area contributed by atoms with Gasteiger partial charge in [-0.15, -0.1) is 0 Å². The lowest BCUT2D eigenvalue weighted by Crippen LogP contribution is -2.36. The first-order valence-electron chi connectivity index (χ1n) is 8.31. The van der Waals surface area contributed by atoms with E-state index in [4.69, 9.17) is 4.74 Å². The Kier molecular flexibility index (Phi) is 5.82. The van der Waals surface area contributed by atoms with Crippen molar-refractivity contribution in [3.8, 4) is 5.75 Å². The molecule has 2 aromatic rings. The van der Waals surface area contributed by atoms with E-state index in [2.05, 4.69) is 10.1 Å². The highest BCUT2D eigenvalue weighted by Gasteiger charge is 2.36. The summed E-state index contributed by atoms with van der Waals surface area (Å²) in [7, 11) is 0. The van der Waals surface area contributed by atoms with E-state index in [-0.39, 0.29) is 22.7 Å². The highest BCUT2D eigenvalue weighted by molar-refractivity contribution is 6.52. The van der Waals surface area contributed by atoms with Gasteiger partial charge in [-0.3, -0.25) is 24.1 Å². The maximum Gasteiger partial charge on any atom is 0.387 e. The zero-order valence-electron chi connectivity index (χ0n) is 14.8. The second-order valence-corrected chi connectivity index (χ2v) is 5.82. The molecule has 2 amide bonds. The molecule has 0 saturated carbocycles. The molecule has 3 rings (SSSR count). The first kappa shape index (κ1) is 19.9. The monoisotopic (exact) mass is 404 g/mol. The van der Waals surface area contributed by atoms with Crippen LogP contribution in [0.15, 0.2) is 48.5 Å². The van der Waals surface area contributed by atoms with Crippen LogP contribution in [0.25, 0.3) is 0 Å². The molecule has 0 radical (unpaired) electrons. The summed E-state index contributed by atoms with van der Waals surface area (Å²) in [4.78, 5) is 48.8. The van der Waals surface area contributed by atoms with Crippen LogP contribution in [-0.4, -0.2) is 43.3 Å². The Balaban J connectivity index is 1.56. The average molecular weight is 404 g/mol. The molecular weight excluding hydrogens is 390 g/mol. The van der Waals surface area contributed by atoms with Gasteiger partial charge in [-0.1, -0.05) is 24.3 Å². The Hall–Kier alpha value is -3.82. The Bertz CT molecular complexity index is 979. The number of nitrogens with zero attached hydrogens (tertiary/aromatic N) is 1. The molecule has 0 spiro atoms. The number of ketones is 1. The van der Waals surface area contributed by atoms with Crippen molar-refractivity contribution < 1.29 is 37.4 Å². The van der Waals surface area contributed by atoms with Crippen molar-refractivity contribution in [1.82, 2.24) is 0 Å². The number of fused-ring (bicyclic) bond motifs is 1. The van der Waals surface area contributed by atoms with Gasteiger partial charge < -0.3 is 14.8 Å². The molecule has 150 valence electrons. The molecule has 0 saturated heterocycles. The van der Waals surface area contributed by atoms with E-state index < -0.39 is 43.3 Å². The van der Waals surface area contributed by atoms with E-state index in [0.717, 1.165) is 4.90 Å². The van der Waals surface area contributed by atoms with Crippen molar-refractivity contribution in [3.63, 3.8) is 0 Å². The second kappa shape index (κ2) is 8.46. The zero-order chi connectivity index (χ0) is 21.0. The van der Waals surface area contributed by atoms with Crippen molar-refractivity contribution in [2.75, 3.05) is 23.4 Å². The van der Waals surface area contributed by atoms with Crippen LogP contribution in [0.2, 0.25) is 0 Å². The normalized spacial score (nSPS) is 12.7. The van der Waals surface area contributed by atoms with Gasteiger partial charge in [-0.25, -0.2) is 0 Å². The lowest BCUT2D eigenvalue weighted by atomic mass is 10.1. The Morgan fingerprint density at radius 1 is 1.03 bits per heavy atom. The minimum Gasteiger partial charge on any atom is -0.454 e. The predicted octanol–water partition coefficient (Wildman–Crippen LogP) is 2.00. The van der Waals surface area contributed by atoms with Crippen LogP contribution < -0.4 is 15.0 Å². The highest BCUT2D eigenvalue weighted by Crippen LogP contribution is 2.28. The zero-order valence-corrected chi connectivity index (χ0v) is 14.8. The Labute approximate surface area is 163 Å². The van der Waals surface area contributed by atoms with Crippen LogP contribution in [0.3, 0.4) is 0 Å². The molecule has 2 aromatic carbocycles. The molecule has 0 fully saturated rings. The number of carbonyl (C=O) groups excluding carboxylic acids is 4. The predicted molar refractivity (Wildman–Crippen MR) is 95.8 cm³/mol. The topological polar surface area (TPSA) is 102 Å². The van der Waals surface area contributed by atoms with E-state index in [9.17, 15) is 28.0 Å². The molecule has 1 aliphatic heterocycles. The molecule has 1 heterocycles. The number of alkyl halides is 2. The summed E-state index contributed by atoms with van der Waals surface area (Å²) < 4.78 is 33.9. The van der Waals surface area contributed by atoms with E-state index >= 15 is 0 Å². The summed E-state index contributed by atoms with van der Waals surface area (Å²) >= 11 is 0. The fourth-order valence-electron chi connectivity index (χ4n) is 2.68. The number of amides is 2. The lowest BCUT2D eigenvalue weighted by Gasteiger charge is -2.15. The first-order chi connectivity index (χ1) is 13.9. The largest absolute Gasteiger partial charge is 0.454 e. The number of benzene rings is 2. The number of carbonyl (C=O) groups is 4. The van der Waals surface area contributed by atoms with Gasteiger partial charge in [0.2, 0.25) is 0 Å². The number of hydrogen-bond acceptors (Lipinski definition) is 6. The SMILES string of the molecule is O=C(COC(=O)CN1C(=O)C(=O)c2ccccc21)Nc1ccccc1OC(F)F. The molecule has 29 heavy (non-hydrogen) atoms. The number of rotatable bonds is 7. The van der Waals surface area contributed by atoms with Crippen molar-refractivity contribution in [2.45, 2.75) is 6.61 Å². The number of halogens is 2. The molecule has 1 N–H and O–H groups in total. The molecular formula is C19H14F2N2O6. The number of anilines is 2. The summed E-state index contributed by atoms with van der Waals surface area (Å²) in [6.07, 6.45) is 0. The lowest BCUT2D eigenvalue weighted by molar-refractivity contribution is -0.146. The molecule has 0 atom stereocenters. The third-order valence-corrected chi connectivity index (χ3v) is 3.91. The van der Waals surface area contributed by atoms with E-state index in [1.54, 1.807) is 12.1 Å². The number of para-hydroxylation sites is 3. The average Bonchev–Trinajstić information content (AvgIpc) is 2.93. The number of Topliss-reactive ketones (excluding diaryl/α,β-unsaturated/α-hetero) is 1. The molecule has 0 unspecified atom stereocenters. The van der Waals surface area contributed by atoms with E-state index in [1.807, 2.05) is 0 Å². The molecule has 1 aliphatic rings. The standard InChI is InChI=1S/C19H14F2N2O6/c20-19(21)29-14-8-4-2-6-12(14)22-15(24)10-28-16(25)9-23-13-7-3-1-5-11(13)17(26)18(23)27/h1-8,19H,9-10H2,(H,22,24). The Morgan fingerprint density at radius 3 is 2.48 bits per heavy atom. The summed E-state index contributed by atoms with van der Waals surface area (Å²) in [6.45, 7) is -4.35. The van der Waals surface area contributed by atoms with Crippen molar-refractivity contribution in [1.29, 1.82) is 0 Å². The fourth-order valence-corrected chi connectivity index (χ4v) is 2.68. The van der Waals surface area contributed by atoms with Crippen LogP contribution in [0.5, 0.6) is 5.75 Å². The smallest absolute Gasteiger partial charge is 0.387 e. The maximum atomic E-state index is 12.4. The van der Waals surface area contributed by atoms with Gasteiger partial charge in [0.1, 0.15) is 12.3 Å². The Morgan fingerprint density at radius 2 is 1.72 bits per heavy atom. The fraction of sp³-hybridized carbons (Fsp3) is 0.158. The van der Waals surface area contributed by atoms with Gasteiger partial charge in [0.15, 0.2) is 6.61 Å². The van der Waals surface area contributed by atoms with Gasteiger partial charge in [0.05, 0.1) is 16.9 Å². The first-order valence-corrected chi connectivity index (χ1v) is 8.31. The molecule has 0 bridgehead atoms. The van der Waals surface area contributed by atoms with Crippen molar-refractivity contribution in [2.24, 2.45) is 0 Å². The van der Waals surface area contributed by atoms with Crippen LogP contribution in [0.1, 0.15) is 10.4 Å². The van der Waals surface area contributed by atoms with Gasteiger partial charge in [0.25, 0.3) is 17.6 Å². The second-order valence-electron chi connectivity index (χ2n) is 5.82. The number of nitrogens with one attached hydrogen (secondary N) is 1. The third kappa shape index (κ3) is 4.54. The van der Waals surface area contributed by atoms with Crippen LogP contribution >= 0.6 is 0 Å². The summed E-state index contributed by atoms with van der Waals surface area (Å²) in [5.41, 5.74) is 0.434. The summed E-state index contributed by atoms with van der Waals surface area (Å²) in [5, 5.41) is 2.29. The van der Waals surface area contributed by atoms with Crippen LogP contribution in [0.4, 0.5) is 20.2 Å². The van der Waals surface area contributed by atoms with E-state index in [0.29, 0.717) is 0 Å². The van der Waals surface area contributed by atoms with Crippen molar-refractivity contribution >= 4 is 34.9 Å². The van der Waals surface area contributed by atoms with Gasteiger partial charge >= 0.3 is 12.6 Å². The highest BCUT2D eigenvalue weighted by atomic mass is 19.3. The van der Waals surface area contributed by atoms with E-state index in [1.165, 1.54) is 36.4 Å². The number of hydrogen-bond donors (Lipinski definition) is 1. The van der Waals surface area contributed by atoms with Crippen molar-refractivity contribution in [3.05, 3.63) is 54.1 Å². The number of ether oxygens (including phenoxy) is 2. The minimum absolute atomic E-state index is 0.0249. The molecule has 8 nitrogen and oxygen atoms in total. The van der Waals surface area contributed by atoms with Crippen LogP contribution in [0, 0.1) is 0 Å². The quantitative estimate of drug-likeness (QED) is 0.560. The molecule has 0 aliphatic carbocycles. The third-order valence-electron chi connectivity index (χ3n) is 3.91. The summed E-state index contributed by atoms with van der Waals surface area (Å²) in [5.74, 6) is -3.57. The molecule has 0 aromatic heterocycles. The van der Waals surface area contributed by atoms with Gasteiger partial charge in [-0.05, 0) is 24.3 Å². The van der Waals surface area contributed by atoms with Gasteiger partial charge in [-0.2, -0.15) is 8.78 Å². The minimum atomic E-state index is -3.07. The number of esters is 1. The molecule has 10 heteroatoms. The van der Waals surface area contributed by atoms with Gasteiger partial charge in [0, 0.05) is 0 Å². The summed E-state index contributed by atoms with van der Waals surface area (Å²) in [6, 6.07) is 11.7. The maximum absolute atomic E-state index is 12.4. The van der Waals surface area contributed by atoms with Crippen LogP contribution in [-0.2, 0) is 19.1 Å².